The van der Waals surface area contributed by atoms with Crippen LogP contribution in [0, 0.1) is 0 Å². The number of hydrogen-bond acceptors (Lipinski definition) is 5. The van der Waals surface area contributed by atoms with Crippen molar-refractivity contribution in [2.45, 2.75) is 18.9 Å². The van der Waals surface area contributed by atoms with Crippen molar-refractivity contribution in [3.05, 3.63) is 36.8 Å². The van der Waals surface area contributed by atoms with Crippen LogP contribution >= 0.6 is 0 Å². The lowest BCUT2D eigenvalue weighted by molar-refractivity contribution is 0.0528. The number of ether oxygens (including phenoxy) is 1. The predicted octanol–water partition coefficient (Wildman–Crippen LogP) is 1.24. The van der Waals surface area contributed by atoms with E-state index < -0.39 is 10.2 Å². The quantitative estimate of drug-likeness (QED) is 0.828. The second-order valence-corrected chi connectivity index (χ2v) is 7.43. The summed E-state index contributed by atoms with van der Waals surface area (Å²) >= 11 is 0. The number of imidazole rings is 1. The van der Waals surface area contributed by atoms with Gasteiger partial charge in [0.1, 0.15) is 6.33 Å². The van der Waals surface area contributed by atoms with Crippen molar-refractivity contribution in [2.75, 3.05) is 25.0 Å². The van der Waals surface area contributed by atoms with Gasteiger partial charge in [0, 0.05) is 38.1 Å². The summed E-state index contributed by atoms with van der Waals surface area (Å²) in [6.07, 6.45) is 4.69. The van der Waals surface area contributed by atoms with Crippen molar-refractivity contribution >= 4 is 21.9 Å². The van der Waals surface area contributed by atoms with E-state index in [-0.39, 0.29) is 12.1 Å². The number of rotatable bonds is 4. The van der Waals surface area contributed by atoms with Gasteiger partial charge >= 0.3 is 6.03 Å². The minimum Gasteiger partial charge on any atom is -0.381 e. The highest BCUT2D eigenvalue weighted by atomic mass is 32.2. The summed E-state index contributed by atoms with van der Waals surface area (Å²) in [7, 11) is -2.08. The van der Waals surface area contributed by atoms with Crippen molar-refractivity contribution in [1.82, 2.24) is 14.5 Å². The van der Waals surface area contributed by atoms with E-state index in [1.807, 2.05) is 0 Å². The average molecular weight is 379 g/mol. The summed E-state index contributed by atoms with van der Waals surface area (Å²) in [6.45, 7) is 1.31. The van der Waals surface area contributed by atoms with Crippen LogP contribution in [-0.4, -0.2) is 55.2 Å². The highest BCUT2D eigenvalue weighted by Crippen LogP contribution is 2.22. The largest absolute Gasteiger partial charge is 0.381 e. The fraction of sp³-hybridized carbons (Fsp3) is 0.375. The third kappa shape index (κ3) is 4.40. The maximum Gasteiger partial charge on any atom is 0.329 e. The number of hydrogen-bond donors (Lipinski definition) is 2. The molecule has 0 bridgehead atoms. The van der Waals surface area contributed by atoms with Gasteiger partial charge in [0.25, 0.3) is 10.2 Å². The fourth-order valence-corrected chi connectivity index (χ4v) is 3.35. The Bertz CT molecular complexity index is 890. The van der Waals surface area contributed by atoms with Gasteiger partial charge in [-0.25, -0.2) is 14.9 Å². The zero-order valence-electron chi connectivity index (χ0n) is 14.3. The van der Waals surface area contributed by atoms with E-state index in [1.54, 1.807) is 42.4 Å². The summed E-state index contributed by atoms with van der Waals surface area (Å²) in [5, 5.41) is 4.99. The first-order chi connectivity index (χ1) is 12.3. The molecule has 0 aliphatic carbocycles. The number of carbonyl (C=O) groups is 1. The number of nitrogens with two attached hydrogens (primary N) is 1. The second kappa shape index (κ2) is 7.44. The van der Waals surface area contributed by atoms with Crippen LogP contribution in [0.1, 0.15) is 12.8 Å². The first kappa shape index (κ1) is 18.4. The monoisotopic (exact) mass is 379 g/mol. The third-order valence-electron chi connectivity index (χ3n) is 4.26. The van der Waals surface area contributed by atoms with Gasteiger partial charge in [0.15, 0.2) is 0 Å². The normalized spacial score (nSPS) is 15.6. The Labute approximate surface area is 151 Å². The molecule has 1 aromatic heterocycles. The average Bonchev–Trinajstić information content (AvgIpc) is 3.10. The number of nitrogens with zero attached hydrogens (tertiary/aromatic N) is 3. The number of benzene rings is 1. The van der Waals surface area contributed by atoms with Crippen molar-refractivity contribution in [1.29, 1.82) is 0 Å². The molecule has 9 nitrogen and oxygen atoms in total. The molecule has 0 atom stereocenters. The third-order valence-corrected chi connectivity index (χ3v) is 4.78. The molecule has 3 rings (SSSR count). The Morgan fingerprint density at radius 3 is 2.81 bits per heavy atom. The smallest absolute Gasteiger partial charge is 0.329 e. The summed E-state index contributed by atoms with van der Waals surface area (Å²) < 4.78 is 31.3. The zero-order valence-corrected chi connectivity index (χ0v) is 15.1. The minimum absolute atomic E-state index is 0.143. The maximum atomic E-state index is 12.6. The van der Waals surface area contributed by atoms with Gasteiger partial charge in [-0.15, -0.1) is 0 Å². The summed E-state index contributed by atoms with van der Waals surface area (Å²) in [6, 6.07) is 6.60. The SMILES string of the molecule is CN(C(=O)n1cnc(-c2cccc(NS(N)(=O)=O)c2)c1)C1CCOCC1. The second-order valence-electron chi connectivity index (χ2n) is 6.13. The predicted molar refractivity (Wildman–Crippen MR) is 96.8 cm³/mol. The van der Waals surface area contributed by atoms with E-state index in [1.165, 1.54) is 10.9 Å². The molecule has 1 amide bonds. The lowest BCUT2D eigenvalue weighted by Gasteiger charge is -2.30. The molecule has 140 valence electrons. The van der Waals surface area contributed by atoms with Gasteiger partial charge in [0.2, 0.25) is 0 Å². The molecule has 2 heterocycles. The lowest BCUT2D eigenvalue weighted by atomic mass is 10.1. The molecular weight excluding hydrogens is 358 g/mol. The van der Waals surface area contributed by atoms with E-state index in [4.69, 9.17) is 9.88 Å². The maximum absolute atomic E-state index is 12.6. The van der Waals surface area contributed by atoms with Gasteiger partial charge in [-0.05, 0) is 25.0 Å². The Kier molecular flexibility index (Phi) is 5.25. The summed E-state index contributed by atoms with van der Waals surface area (Å²) in [5.41, 5.74) is 1.54. The van der Waals surface area contributed by atoms with Gasteiger partial charge in [0.05, 0.1) is 11.4 Å². The fourth-order valence-electron chi connectivity index (χ4n) is 2.89. The van der Waals surface area contributed by atoms with Gasteiger partial charge < -0.3 is 9.64 Å². The van der Waals surface area contributed by atoms with Gasteiger partial charge in [-0.2, -0.15) is 8.42 Å². The number of carbonyl (C=O) groups excluding carboxylic acids is 1. The molecule has 1 aliphatic rings. The summed E-state index contributed by atoms with van der Waals surface area (Å²) in [5.74, 6) is 0. The molecule has 0 unspecified atom stereocenters. The molecule has 2 aromatic rings. The van der Waals surface area contributed by atoms with Crippen LogP contribution in [-0.2, 0) is 14.9 Å². The zero-order chi connectivity index (χ0) is 18.7. The minimum atomic E-state index is -3.85. The Morgan fingerprint density at radius 1 is 1.38 bits per heavy atom. The van der Waals surface area contributed by atoms with Crippen molar-refractivity contribution < 1.29 is 17.9 Å². The van der Waals surface area contributed by atoms with E-state index in [2.05, 4.69) is 9.71 Å². The lowest BCUT2D eigenvalue weighted by Crippen LogP contribution is -2.42. The van der Waals surface area contributed by atoms with Crippen LogP contribution in [0.2, 0.25) is 0 Å². The number of aromatic nitrogens is 2. The van der Waals surface area contributed by atoms with Crippen LogP contribution in [0.25, 0.3) is 11.3 Å². The molecule has 1 aliphatic heterocycles. The highest BCUT2D eigenvalue weighted by Gasteiger charge is 2.23. The van der Waals surface area contributed by atoms with Gasteiger partial charge in [-0.3, -0.25) is 9.29 Å². The van der Waals surface area contributed by atoms with E-state index in [9.17, 15) is 13.2 Å². The molecule has 0 saturated carbocycles. The molecule has 0 spiro atoms. The number of amides is 1. The standard InChI is InChI=1S/C16H21N5O4S/c1-20(14-5-7-25-8-6-14)16(22)21-10-15(18-11-21)12-3-2-4-13(9-12)19-26(17,23)24/h2-4,9-11,14,19H,5-8H2,1H3,(H2,17,23,24). The Morgan fingerprint density at radius 2 is 2.12 bits per heavy atom. The molecule has 1 aromatic carbocycles. The molecule has 3 N–H and O–H groups in total. The van der Waals surface area contributed by atoms with Crippen molar-refractivity contribution in [3.63, 3.8) is 0 Å². The van der Waals surface area contributed by atoms with E-state index in [0.717, 1.165) is 12.8 Å². The van der Waals surface area contributed by atoms with Crippen LogP contribution < -0.4 is 9.86 Å². The molecule has 0 radical (unpaired) electrons. The molecule has 26 heavy (non-hydrogen) atoms. The molecular formula is C16H21N5O4S. The van der Waals surface area contributed by atoms with E-state index in [0.29, 0.717) is 30.2 Å². The van der Waals surface area contributed by atoms with Crippen LogP contribution in [0.15, 0.2) is 36.8 Å². The molecule has 1 fully saturated rings. The van der Waals surface area contributed by atoms with Crippen molar-refractivity contribution in [2.24, 2.45) is 5.14 Å². The topological polar surface area (TPSA) is 120 Å². The first-order valence-electron chi connectivity index (χ1n) is 8.13. The van der Waals surface area contributed by atoms with Crippen LogP contribution in [0.3, 0.4) is 0 Å². The van der Waals surface area contributed by atoms with Crippen LogP contribution in [0.4, 0.5) is 10.5 Å². The number of anilines is 1. The van der Waals surface area contributed by atoms with E-state index >= 15 is 0 Å². The molecule has 10 heteroatoms. The Balaban J connectivity index is 1.77. The first-order valence-corrected chi connectivity index (χ1v) is 9.68. The van der Waals surface area contributed by atoms with Gasteiger partial charge in [-0.1, -0.05) is 12.1 Å². The Hall–Kier alpha value is -2.43. The highest BCUT2D eigenvalue weighted by molar-refractivity contribution is 7.90. The van der Waals surface area contributed by atoms with Crippen molar-refractivity contribution in [3.8, 4) is 11.3 Å². The number of nitrogens with one attached hydrogen (secondary N) is 1. The van der Waals surface area contributed by atoms with Crippen LogP contribution in [0.5, 0.6) is 0 Å². The molecule has 1 saturated heterocycles. The summed E-state index contributed by atoms with van der Waals surface area (Å²) in [4.78, 5) is 18.6.